The van der Waals surface area contributed by atoms with Gasteiger partial charge < -0.3 is 0 Å². The Labute approximate surface area is 246 Å². The smallest absolute Gasteiger partial charge is 0.00208 e. The second-order valence-corrected chi connectivity index (χ2v) is 12.6. The van der Waals surface area contributed by atoms with Gasteiger partial charge in [0, 0.05) is 0 Å². The van der Waals surface area contributed by atoms with E-state index in [4.69, 9.17) is 0 Å². The van der Waals surface area contributed by atoms with Crippen LogP contribution < -0.4 is 10.4 Å². The van der Waals surface area contributed by atoms with Crippen LogP contribution in [0.4, 0.5) is 0 Å². The lowest BCUT2D eigenvalue weighted by molar-refractivity contribution is 1.29. The Kier molecular flexibility index (Phi) is 5.32. The molecule has 6 aromatic carbocycles. The summed E-state index contributed by atoms with van der Waals surface area (Å²) >= 11 is 0. The first-order valence-corrected chi connectivity index (χ1v) is 15.0. The minimum atomic E-state index is 1.30. The molecule has 0 saturated carbocycles. The van der Waals surface area contributed by atoms with Gasteiger partial charge in [0.2, 0.25) is 0 Å². The summed E-state index contributed by atoms with van der Waals surface area (Å²) in [7, 11) is 0. The molecule has 0 amide bonds. The molecule has 0 aromatic heterocycles. The normalized spacial score (nSPS) is 12.4. The van der Waals surface area contributed by atoms with Crippen molar-refractivity contribution in [3.63, 3.8) is 0 Å². The van der Waals surface area contributed by atoms with Crippen LogP contribution in [0.25, 0.3) is 45.2 Å². The Bertz CT molecular complexity index is 2460. The Morgan fingerprint density at radius 2 is 0.952 bits per heavy atom. The van der Waals surface area contributed by atoms with Gasteiger partial charge in [-0.25, -0.2) is 0 Å². The predicted octanol–water partition coefficient (Wildman–Crippen LogP) is 8.88. The monoisotopic (exact) mass is 538 g/mol. The van der Waals surface area contributed by atoms with Gasteiger partial charge in [-0.2, -0.15) is 0 Å². The van der Waals surface area contributed by atoms with Gasteiger partial charge in [0.15, 0.2) is 0 Å². The molecule has 0 radical (unpaired) electrons. The molecule has 6 aromatic rings. The molecule has 0 bridgehead atoms. The number of aryl methyl sites for hydroxylation is 6. The van der Waals surface area contributed by atoms with Crippen LogP contribution in [0, 0.1) is 62.4 Å². The van der Waals surface area contributed by atoms with Crippen molar-refractivity contribution in [1.29, 1.82) is 0 Å². The number of fused-ring (bicyclic) bond motifs is 5. The summed E-state index contributed by atoms with van der Waals surface area (Å²) in [5.74, 6) is 0. The SMILES string of the molecule is Cc1cc(C)c(-c2ccc3c(c2-c2c(C)cc(C)cc2C)=Cc2cc4cc5c(cc4cc2=3)C=c2ccccc2=5)c(C)c1. The van der Waals surface area contributed by atoms with Crippen LogP contribution in [0.15, 0.2) is 84.9 Å². The van der Waals surface area contributed by atoms with Crippen molar-refractivity contribution in [3.8, 4) is 22.3 Å². The van der Waals surface area contributed by atoms with E-state index in [0.29, 0.717) is 0 Å². The van der Waals surface area contributed by atoms with Gasteiger partial charge >= 0.3 is 0 Å². The molecule has 0 nitrogen and oxygen atoms in total. The van der Waals surface area contributed by atoms with E-state index in [9.17, 15) is 0 Å². The lowest BCUT2D eigenvalue weighted by atomic mass is 9.84. The van der Waals surface area contributed by atoms with Crippen molar-refractivity contribution in [1.82, 2.24) is 0 Å². The highest BCUT2D eigenvalue weighted by Crippen LogP contribution is 2.38. The Morgan fingerprint density at radius 3 is 1.60 bits per heavy atom. The second-order valence-electron chi connectivity index (χ2n) is 12.6. The molecule has 2 aliphatic rings. The number of hydrogen-bond acceptors (Lipinski definition) is 0. The molecule has 0 heterocycles. The molecule has 2 aliphatic carbocycles. The van der Waals surface area contributed by atoms with E-state index >= 15 is 0 Å². The maximum atomic E-state index is 2.45. The lowest BCUT2D eigenvalue weighted by Gasteiger charge is -2.20. The molecule has 202 valence electrons. The largest absolute Gasteiger partial charge is 0.0616 e. The maximum Gasteiger partial charge on any atom is -0.00208 e. The van der Waals surface area contributed by atoms with Gasteiger partial charge in [-0.3, -0.25) is 0 Å². The van der Waals surface area contributed by atoms with Crippen molar-refractivity contribution in [2.45, 2.75) is 41.5 Å². The molecular weight excluding hydrogens is 504 g/mol. The van der Waals surface area contributed by atoms with Crippen LogP contribution in [-0.4, -0.2) is 0 Å². The standard InChI is InChI=1S/C42H34/c1-23-13-25(3)40(26(4)14-23)36-12-11-35-38-21-30-18-32-17-29-9-7-8-10-34(29)37(32)20-31(30)19-33(38)22-39(35)42(36)41-27(5)15-24(2)16-28(41)6/h7-22H,1-6H3. The van der Waals surface area contributed by atoms with Crippen molar-refractivity contribution < 1.29 is 0 Å². The molecule has 0 saturated heterocycles. The van der Waals surface area contributed by atoms with Gasteiger partial charge in [0.25, 0.3) is 0 Å². The third kappa shape index (κ3) is 3.61. The minimum absolute atomic E-state index is 1.30. The first kappa shape index (κ1) is 25.1. The Balaban J connectivity index is 1.49. The number of hydrogen-bond donors (Lipinski definition) is 0. The number of benzene rings is 6. The fourth-order valence-corrected chi connectivity index (χ4v) is 7.94. The average molecular weight is 539 g/mol. The van der Waals surface area contributed by atoms with E-state index in [1.165, 1.54) is 109 Å². The molecule has 8 rings (SSSR count). The second kappa shape index (κ2) is 8.91. The Hall–Kier alpha value is -4.68. The zero-order valence-electron chi connectivity index (χ0n) is 25.2. The summed E-state index contributed by atoms with van der Waals surface area (Å²) in [6.07, 6.45) is 4.78. The van der Waals surface area contributed by atoms with Crippen molar-refractivity contribution in [2.75, 3.05) is 0 Å². The van der Waals surface area contributed by atoms with E-state index in [1.807, 2.05) is 0 Å². The zero-order valence-corrected chi connectivity index (χ0v) is 25.2. The minimum Gasteiger partial charge on any atom is -0.0616 e. The Morgan fingerprint density at radius 1 is 0.405 bits per heavy atom. The summed E-state index contributed by atoms with van der Waals surface area (Å²) in [6, 6.07) is 32.4. The van der Waals surface area contributed by atoms with Crippen LogP contribution in [0.5, 0.6) is 0 Å². The van der Waals surface area contributed by atoms with Crippen LogP contribution in [-0.2, 0) is 0 Å². The highest BCUT2D eigenvalue weighted by atomic mass is 14.2. The van der Waals surface area contributed by atoms with E-state index in [2.05, 4.69) is 139 Å². The first-order valence-electron chi connectivity index (χ1n) is 15.0. The lowest BCUT2D eigenvalue weighted by Crippen LogP contribution is -2.11. The van der Waals surface area contributed by atoms with E-state index in [1.54, 1.807) is 0 Å². The van der Waals surface area contributed by atoms with E-state index in [-0.39, 0.29) is 0 Å². The fourth-order valence-electron chi connectivity index (χ4n) is 7.94. The molecule has 0 atom stereocenters. The summed E-state index contributed by atoms with van der Waals surface area (Å²) in [5, 5.41) is 10.6. The fraction of sp³-hybridized carbons (Fsp3) is 0.143. The summed E-state index contributed by atoms with van der Waals surface area (Å²) in [5.41, 5.74) is 16.0. The number of rotatable bonds is 2. The topological polar surface area (TPSA) is 0 Å². The van der Waals surface area contributed by atoms with Crippen molar-refractivity contribution in [3.05, 3.63) is 161 Å². The van der Waals surface area contributed by atoms with Crippen LogP contribution in [0.1, 0.15) is 44.5 Å². The summed E-state index contributed by atoms with van der Waals surface area (Å²) < 4.78 is 0. The first-order chi connectivity index (χ1) is 20.3. The van der Waals surface area contributed by atoms with Gasteiger partial charge in [0.05, 0.1) is 0 Å². The van der Waals surface area contributed by atoms with Crippen molar-refractivity contribution in [2.24, 2.45) is 0 Å². The zero-order chi connectivity index (χ0) is 28.9. The van der Waals surface area contributed by atoms with Crippen LogP contribution in [0.3, 0.4) is 0 Å². The molecule has 0 aliphatic heterocycles. The third-order valence-electron chi connectivity index (χ3n) is 9.45. The van der Waals surface area contributed by atoms with Gasteiger partial charge in [-0.1, -0.05) is 71.8 Å². The van der Waals surface area contributed by atoms with Crippen LogP contribution >= 0.6 is 0 Å². The third-order valence-corrected chi connectivity index (χ3v) is 9.45. The summed E-state index contributed by atoms with van der Waals surface area (Å²) in [6.45, 7) is 13.5. The predicted molar refractivity (Wildman–Crippen MR) is 178 cm³/mol. The maximum absolute atomic E-state index is 2.45. The van der Waals surface area contributed by atoms with Gasteiger partial charge in [-0.05, 0) is 176 Å². The molecular formula is C42H34. The highest BCUT2D eigenvalue weighted by Gasteiger charge is 2.20. The summed E-state index contributed by atoms with van der Waals surface area (Å²) in [4.78, 5) is 0. The molecule has 0 unspecified atom stereocenters. The average Bonchev–Trinajstić information content (AvgIpc) is 3.47. The van der Waals surface area contributed by atoms with Crippen molar-refractivity contribution >= 4 is 22.9 Å². The molecule has 0 heteroatoms. The van der Waals surface area contributed by atoms with E-state index < -0.39 is 0 Å². The van der Waals surface area contributed by atoms with Crippen LogP contribution in [0.2, 0.25) is 0 Å². The molecule has 0 N–H and O–H groups in total. The van der Waals surface area contributed by atoms with Gasteiger partial charge in [-0.15, -0.1) is 0 Å². The highest BCUT2D eigenvalue weighted by molar-refractivity contribution is 5.92. The molecule has 0 spiro atoms. The molecule has 0 fully saturated rings. The van der Waals surface area contributed by atoms with E-state index in [0.717, 1.165) is 0 Å². The quantitative estimate of drug-likeness (QED) is 0.206. The molecule has 42 heavy (non-hydrogen) atoms. The van der Waals surface area contributed by atoms with Gasteiger partial charge in [0.1, 0.15) is 0 Å².